The summed E-state index contributed by atoms with van der Waals surface area (Å²) in [6, 6.07) is 7.64. The van der Waals surface area contributed by atoms with Gasteiger partial charge in [-0.05, 0) is 60.8 Å². The Hall–Kier alpha value is -3.18. The molecule has 37 heavy (non-hydrogen) atoms. The van der Waals surface area contributed by atoms with Crippen molar-refractivity contribution in [3.8, 4) is 22.1 Å². The van der Waals surface area contributed by atoms with Crippen molar-refractivity contribution in [2.75, 3.05) is 18.9 Å². The van der Waals surface area contributed by atoms with Crippen LogP contribution in [-0.4, -0.2) is 38.7 Å². The Morgan fingerprint density at radius 3 is 2.43 bits per heavy atom. The zero-order valence-electron chi connectivity index (χ0n) is 21.0. The lowest BCUT2D eigenvalue weighted by molar-refractivity contribution is 0.0691. The average Bonchev–Trinajstić information content (AvgIpc) is 3.34. The third kappa shape index (κ3) is 5.72. The highest BCUT2D eigenvalue weighted by Gasteiger charge is 2.29. The SMILES string of the molecule is COc1cc(C(=O)O)c(F)cc1NS(=O)(=O)c1csc(-c2ccc(C3CCC(C)(C)CC3)cc2OC)n1. The van der Waals surface area contributed by atoms with Crippen molar-refractivity contribution in [2.45, 2.75) is 50.5 Å². The van der Waals surface area contributed by atoms with Crippen LogP contribution < -0.4 is 14.2 Å². The summed E-state index contributed by atoms with van der Waals surface area (Å²) in [4.78, 5) is 15.5. The Morgan fingerprint density at radius 1 is 1.14 bits per heavy atom. The average molecular weight is 549 g/mol. The van der Waals surface area contributed by atoms with Gasteiger partial charge < -0.3 is 14.6 Å². The largest absolute Gasteiger partial charge is 0.496 e. The van der Waals surface area contributed by atoms with Gasteiger partial charge >= 0.3 is 5.97 Å². The van der Waals surface area contributed by atoms with Crippen LogP contribution in [0.2, 0.25) is 0 Å². The Bertz CT molecular complexity index is 1420. The minimum Gasteiger partial charge on any atom is -0.496 e. The van der Waals surface area contributed by atoms with E-state index in [2.05, 4.69) is 23.6 Å². The number of carbonyl (C=O) groups is 1. The molecule has 0 atom stereocenters. The lowest BCUT2D eigenvalue weighted by Gasteiger charge is -2.34. The number of sulfonamides is 1. The molecule has 8 nitrogen and oxygen atoms in total. The van der Waals surface area contributed by atoms with Gasteiger partial charge in [-0.25, -0.2) is 14.2 Å². The highest BCUT2D eigenvalue weighted by molar-refractivity contribution is 7.92. The molecule has 0 unspecified atom stereocenters. The first-order chi connectivity index (χ1) is 17.4. The molecule has 0 saturated heterocycles. The summed E-state index contributed by atoms with van der Waals surface area (Å²) in [6.45, 7) is 4.60. The second-order valence-electron chi connectivity index (χ2n) is 9.83. The van der Waals surface area contributed by atoms with Crippen molar-refractivity contribution < 1.29 is 32.2 Å². The number of thiazole rings is 1. The van der Waals surface area contributed by atoms with Crippen LogP contribution in [0.4, 0.5) is 10.1 Å². The van der Waals surface area contributed by atoms with E-state index in [1.165, 1.54) is 18.1 Å². The van der Waals surface area contributed by atoms with Crippen LogP contribution in [0.1, 0.15) is 61.4 Å². The predicted molar refractivity (Wildman–Crippen MR) is 140 cm³/mol. The van der Waals surface area contributed by atoms with Gasteiger partial charge in [-0.2, -0.15) is 8.42 Å². The third-order valence-electron chi connectivity index (χ3n) is 6.79. The van der Waals surface area contributed by atoms with Gasteiger partial charge in [0.05, 0.1) is 31.0 Å². The Kier molecular flexibility index (Phi) is 7.48. The Morgan fingerprint density at radius 2 is 1.81 bits per heavy atom. The molecule has 1 saturated carbocycles. The Balaban J connectivity index is 1.59. The monoisotopic (exact) mass is 548 g/mol. The molecule has 2 N–H and O–H groups in total. The summed E-state index contributed by atoms with van der Waals surface area (Å²) in [5.74, 6) is -1.67. The van der Waals surface area contributed by atoms with Gasteiger partial charge in [-0.3, -0.25) is 4.72 Å². The number of carboxylic acid groups (broad SMARTS) is 1. The quantitative estimate of drug-likeness (QED) is 0.347. The number of methoxy groups -OCH3 is 2. The molecule has 0 aliphatic heterocycles. The normalized spacial score (nSPS) is 15.8. The van der Waals surface area contributed by atoms with Crippen LogP contribution in [0, 0.1) is 11.2 Å². The van der Waals surface area contributed by atoms with E-state index in [0.29, 0.717) is 27.7 Å². The van der Waals surface area contributed by atoms with Gasteiger partial charge in [0.1, 0.15) is 22.3 Å². The zero-order chi connectivity index (χ0) is 27.0. The van der Waals surface area contributed by atoms with Gasteiger partial charge in [0, 0.05) is 11.4 Å². The van der Waals surface area contributed by atoms with Crippen molar-refractivity contribution in [2.24, 2.45) is 5.41 Å². The maximum Gasteiger partial charge on any atom is 0.338 e. The fourth-order valence-electron chi connectivity index (χ4n) is 4.54. The van der Waals surface area contributed by atoms with Gasteiger partial charge in [-0.1, -0.05) is 19.9 Å². The van der Waals surface area contributed by atoms with Crippen molar-refractivity contribution in [1.82, 2.24) is 4.98 Å². The highest BCUT2D eigenvalue weighted by Crippen LogP contribution is 2.44. The van der Waals surface area contributed by atoms with E-state index in [4.69, 9.17) is 14.6 Å². The van der Waals surface area contributed by atoms with Crippen LogP contribution in [-0.2, 0) is 10.0 Å². The molecule has 4 rings (SSSR count). The molecule has 2 aromatic carbocycles. The molecule has 11 heteroatoms. The molecule has 1 heterocycles. The maximum atomic E-state index is 14.2. The van der Waals surface area contributed by atoms with E-state index in [1.807, 2.05) is 18.2 Å². The van der Waals surface area contributed by atoms with E-state index in [1.54, 1.807) is 7.11 Å². The van der Waals surface area contributed by atoms with Gasteiger partial charge in [-0.15, -0.1) is 11.3 Å². The molecule has 198 valence electrons. The molecule has 0 bridgehead atoms. The van der Waals surface area contributed by atoms with Crippen LogP contribution in [0.3, 0.4) is 0 Å². The second-order valence-corrected chi connectivity index (χ2v) is 12.3. The molecule has 1 fully saturated rings. The van der Waals surface area contributed by atoms with Crippen LogP contribution in [0.15, 0.2) is 40.7 Å². The van der Waals surface area contributed by atoms with Crippen LogP contribution in [0.25, 0.3) is 10.6 Å². The zero-order valence-corrected chi connectivity index (χ0v) is 22.6. The van der Waals surface area contributed by atoms with Crippen molar-refractivity contribution in [1.29, 1.82) is 0 Å². The van der Waals surface area contributed by atoms with E-state index in [9.17, 15) is 17.6 Å². The number of nitrogens with zero attached hydrogens (tertiary/aromatic N) is 1. The molecule has 0 radical (unpaired) electrons. The van der Waals surface area contributed by atoms with Crippen molar-refractivity contribution in [3.05, 3.63) is 52.7 Å². The minimum atomic E-state index is -4.22. The second kappa shape index (κ2) is 10.3. The number of halogens is 1. The molecule has 0 amide bonds. The topological polar surface area (TPSA) is 115 Å². The molecular formula is C26H29FN2O6S2. The fourth-order valence-corrected chi connectivity index (χ4v) is 6.73. The highest BCUT2D eigenvalue weighted by atomic mass is 32.2. The van der Waals surface area contributed by atoms with Crippen LogP contribution in [0.5, 0.6) is 11.5 Å². The number of benzene rings is 2. The minimum absolute atomic E-state index is 0.138. The smallest absolute Gasteiger partial charge is 0.338 e. The number of rotatable bonds is 8. The van der Waals surface area contributed by atoms with Gasteiger partial charge in [0.25, 0.3) is 10.0 Å². The lowest BCUT2D eigenvalue weighted by Crippen LogP contribution is -2.20. The van der Waals surface area contributed by atoms with Crippen molar-refractivity contribution in [3.63, 3.8) is 0 Å². The van der Waals surface area contributed by atoms with E-state index in [-0.39, 0.29) is 16.5 Å². The first kappa shape index (κ1) is 26.9. The molecule has 0 spiro atoms. The Labute approximate surface area is 219 Å². The van der Waals surface area contributed by atoms with Crippen molar-refractivity contribution >= 4 is 33.0 Å². The van der Waals surface area contributed by atoms with Crippen LogP contribution >= 0.6 is 11.3 Å². The first-order valence-electron chi connectivity index (χ1n) is 11.7. The number of aromatic carboxylic acids is 1. The summed E-state index contributed by atoms with van der Waals surface area (Å²) < 4.78 is 53.2. The summed E-state index contributed by atoms with van der Waals surface area (Å²) >= 11 is 1.14. The lowest BCUT2D eigenvalue weighted by atomic mass is 9.71. The summed E-state index contributed by atoms with van der Waals surface area (Å²) in [5, 5.41) is 10.7. The summed E-state index contributed by atoms with van der Waals surface area (Å²) in [6.07, 6.45) is 4.54. The van der Waals surface area contributed by atoms with Gasteiger partial charge in [0.2, 0.25) is 0 Å². The number of nitrogens with one attached hydrogen (secondary N) is 1. The fraction of sp³-hybridized carbons (Fsp3) is 0.385. The predicted octanol–water partition coefficient (Wildman–Crippen LogP) is 6.15. The standard InChI is InChI=1S/C26H29FN2O6S2/c1-26(2)9-7-15(8-10-26)16-5-6-17(21(11-16)34-3)24-28-23(14-36-24)37(32,33)29-20-13-19(27)18(25(30)31)12-22(20)35-4/h5-6,11-15,29H,7-10H2,1-4H3,(H,30,31). The molecular weight excluding hydrogens is 519 g/mol. The number of hydrogen-bond donors (Lipinski definition) is 2. The third-order valence-corrected chi connectivity index (χ3v) is 9.06. The van der Waals surface area contributed by atoms with Gasteiger partial charge in [0.15, 0.2) is 5.03 Å². The number of ether oxygens (including phenoxy) is 2. The first-order valence-corrected chi connectivity index (χ1v) is 14.1. The van der Waals surface area contributed by atoms with E-state index >= 15 is 0 Å². The number of hydrogen-bond acceptors (Lipinski definition) is 7. The maximum absolute atomic E-state index is 14.2. The summed E-state index contributed by atoms with van der Waals surface area (Å²) in [5.41, 5.74) is 1.36. The molecule has 1 aliphatic rings. The summed E-state index contributed by atoms with van der Waals surface area (Å²) in [7, 11) is -1.43. The molecule has 1 aliphatic carbocycles. The van der Waals surface area contributed by atoms with E-state index in [0.717, 1.165) is 49.2 Å². The molecule has 3 aromatic rings. The number of anilines is 1. The number of carboxylic acids is 1. The number of aromatic nitrogens is 1. The van der Waals surface area contributed by atoms with E-state index < -0.39 is 27.4 Å². The molecule has 1 aromatic heterocycles.